The van der Waals surface area contributed by atoms with Crippen LogP contribution in [0.5, 0.6) is 0 Å². The summed E-state index contributed by atoms with van der Waals surface area (Å²) in [4.78, 5) is 10.1. The normalized spacial score (nSPS) is 13.8. The number of benzene rings is 1. The fourth-order valence-electron chi connectivity index (χ4n) is 1.68. The van der Waals surface area contributed by atoms with Gasteiger partial charge < -0.3 is 9.90 Å². The van der Waals surface area contributed by atoms with Gasteiger partial charge in [-0.3, -0.25) is 0 Å². The van der Waals surface area contributed by atoms with Gasteiger partial charge in [0.05, 0.1) is 10.8 Å². The molecular weight excluding hydrogens is 323 g/mol. The molecule has 0 amide bonds. The van der Waals surface area contributed by atoms with E-state index >= 15 is 0 Å². The Morgan fingerprint density at radius 1 is 1.27 bits per heavy atom. The maximum Gasteiger partial charge on any atom is 0.393 e. The molecule has 0 aliphatic rings. The Morgan fingerprint density at radius 2 is 1.82 bits per heavy atom. The number of carbonyl (C=O) groups excluding carboxylic acids is 1. The van der Waals surface area contributed by atoms with E-state index < -0.39 is 47.5 Å². The summed E-state index contributed by atoms with van der Waals surface area (Å²) >= 11 is 0. The second-order valence-corrected chi connectivity index (χ2v) is 6.58. The van der Waals surface area contributed by atoms with E-state index in [1.807, 2.05) is 4.72 Å². The Bertz CT molecular complexity index is 611. The molecule has 1 aromatic carbocycles. The lowest BCUT2D eigenvalue weighted by Crippen LogP contribution is -2.37. The third kappa shape index (κ3) is 5.64. The number of rotatable bonds is 7. The predicted octanol–water partition coefficient (Wildman–Crippen LogP) is 0.982. The Labute approximate surface area is 126 Å². The van der Waals surface area contributed by atoms with Crippen molar-refractivity contribution in [3.05, 3.63) is 29.8 Å². The van der Waals surface area contributed by atoms with E-state index in [4.69, 9.17) is 0 Å². The molecule has 0 saturated heterocycles. The van der Waals surface area contributed by atoms with Crippen LogP contribution in [0, 0.1) is 12.8 Å². The zero-order chi connectivity index (χ0) is 17.0. The van der Waals surface area contributed by atoms with Gasteiger partial charge in [0.25, 0.3) is 0 Å². The number of carbonyl (C=O) groups is 1. The molecule has 5 nitrogen and oxygen atoms in total. The quantitative estimate of drug-likeness (QED) is 0.803. The zero-order valence-electron chi connectivity index (χ0n) is 11.7. The number of carboxylic acid groups (broad SMARTS) is 1. The fourth-order valence-corrected chi connectivity index (χ4v) is 2.77. The highest BCUT2D eigenvalue weighted by Gasteiger charge is 2.39. The lowest BCUT2D eigenvalue weighted by Gasteiger charge is -2.21. The predicted molar refractivity (Wildman–Crippen MR) is 70.2 cm³/mol. The molecule has 0 unspecified atom stereocenters. The minimum atomic E-state index is -4.70. The second kappa shape index (κ2) is 7.10. The summed E-state index contributed by atoms with van der Waals surface area (Å²) in [5.74, 6) is -3.71. The summed E-state index contributed by atoms with van der Waals surface area (Å²) in [6, 6.07) is 5.60. The first kappa shape index (κ1) is 18.4. The Morgan fingerprint density at radius 3 is 2.27 bits per heavy atom. The molecule has 0 bridgehead atoms. The van der Waals surface area contributed by atoms with Gasteiger partial charge in [-0.25, -0.2) is 13.1 Å². The van der Waals surface area contributed by atoms with Crippen molar-refractivity contribution in [2.24, 2.45) is 5.92 Å². The molecular formula is C13H15F3NO4S-. The number of aryl methyl sites for hydroxylation is 1. The van der Waals surface area contributed by atoms with Gasteiger partial charge in [-0.15, -0.1) is 0 Å². The van der Waals surface area contributed by atoms with E-state index in [-0.39, 0.29) is 4.90 Å². The van der Waals surface area contributed by atoms with Crippen LogP contribution in [0.25, 0.3) is 0 Å². The number of alkyl halides is 3. The first-order valence-corrected chi connectivity index (χ1v) is 7.83. The van der Waals surface area contributed by atoms with Gasteiger partial charge in [0.15, 0.2) is 0 Å². The third-order valence-corrected chi connectivity index (χ3v) is 4.45. The molecule has 0 radical (unpaired) electrons. The van der Waals surface area contributed by atoms with Crippen LogP contribution in [0.15, 0.2) is 29.2 Å². The molecule has 9 heteroatoms. The van der Waals surface area contributed by atoms with Gasteiger partial charge in [-0.1, -0.05) is 17.7 Å². The van der Waals surface area contributed by atoms with E-state index in [2.05, 4.69) is 0 Å². The number of sulfonamides is 1. The average Bonchev–Trinajstić information content (AvgIpc) is 2.37. The maximum atomic E-state index is 12.8. The van der Waals surface area contributed by atoms with Crippen LogP contribution in [-0.2, 0) is 14.8 Å². The van der Waals surface area contributed by atoms with Crippen LogP contribution >= 0.6 is 0 Å². The van der Waals surface area contributed by atoms with Gasteiger partial charge in [-0.2, -0.15) is 13.2 Å². The summed E-state index contributed by atoms with van der Waals surface area (Å²) in [7, 11) is -4.08. The minimum absolute atomic E-state index is 0.154. The molecule has 124 valence electrons. The van der Waals surface area contributed by atoms with Crippen molar-refractivity contribution in [3.8, 4) is 0 Å². The van der Waals surface area contributed by atoms with Crippen LogP contribution < -0.4 is 9.83 Å². The molecule has 0 fully saturated rings. The minimum Gasteiger partial charge on any atom is -0.550 e. The van der Waals surface area contributed by atoms with Crippen molar-refractivity contribution in [1.29, 1.82) is 0 Å². The molecule has 1 atom stereocenters. The van der Waals surface area contributed by atoms with E-state index in [9.17, 15) is 31.5 Å². The molecule has 0 aliphatic heterocycles. The molecule has 22 heavy (non-hydrogen) atoms. The fraction of sp³-hybridized carbons (Fsp3) is 0.462. The Kier molecular flexibility index (Phi) is 5.95. The van der Waals surface area contributed by atoms with E-state index in [0.29, 0.717) is 0 Å². The molecule has 1 aromatic rings. The van der Waals surface area contributed by atoms with Crippen molar-refractivity contribution in [2.45, 2.75) is 30.8 Å². The van der Waals surface area contributed by atoms with Gasteiger partial charge >= 0.3 is 6.18 Å². The number of carboxylic acids is 1. The van der Waals surface area contributed by atoms with Crippen molar-refractivity contribution >= 4 is 16.0 Å². The summed E-state index contributed by atoms with van der Waals surface area (Å²) in [5, 5.41) is 10.3. The van der Waals surface area contributed by atoms with Crippen LogP contribution in [0.3, 0.4) is 0 Å². The molecule has 1 N–H and O–H groups in total. The highest BCUT2D eigenvalue weighted by atomic mass is 32.2. The molecule has 1 rings (SSSR count). The number of hydrogen-bond acceptors (Lipinski definition) is 4. The standard InChI is InChI=1S/C13H16F3NO4S/c1-9-2-5-11(6-3-9)22(20,21)17-8-10(13(14,15)16)4-7-12(18)19/h2-3,5-6,10,17H,4,7-8H2,1H3,(H,18,19)/p-1/t10-/m1/s1. The van der Waals surface area contributed by atoms with E-state index in [1.54, 1.807) is 6.92 Å². The van der Waals surface area contributed by atoms with Crippen molar-refractivity contribution in [3.63, 3.8) is 0 Å². The highest BCUT2D eigenvalue weighted by Crippen LogP contribution is 2.29. The van der Waals surface area contributed by atoms with Crippen molar-refractivity contribution in [1.82, 2.24) is 4.72 Å². The van der Waals surface area contributed by atoms with Gasteiger partial charge in [0, 0.05) is 12.5 Å². The van der Waals surface area contributed by atoms with Gasteiger partial charge in [-0.05, 0) is 31.9 Å². The van der Waals surface area contributed by atoms with Crippen LogP contribution in [0.1, 0.15) is 18.4 Å². The number of halogens is 3. The van der Waals surface area contributed by atoms with E-state index in [1.165, 1.54) is 24.3 Å². The Balaban J connectivity index is 2.78. The summed E-state index contributed by atoms with van der Waals surface area (Å²) in [6.07, 6.45) is -6.25. The Hall–Kier alpha value is -1.61. The van der Waals surface area contributed by atoms with Crippen LogP contribution in [0.4, 0.5) is 13.2 Å². The topological polar surface area (TPSA) is 86.3 Å². The lowest BCUT2D eigenvalue weighted by atomic mass is 10.0. The average molecular weight is 338 g/mol. The lowest BCUT2D eigenvalue weighted by molar-refractivity contribution is -0.306. The highest BCUT2D eigenvalue weighted by molar-refractivity contribution is 7.89. The monoisotopic (exact) mass is 338 g/mol. The number of nitrogens with one attached hydrogen (secondary N) is 1. The first-order valence-electron chi connectivity index (χ1n) is 6.35. The summed E-state index contributed by atoms with van der Waals surface area (Å²) < 4.78 is 63.9. The maximum absolute atomic E-state index is 12.8. The summed E-state index contributed by atoms with van der Waals surface area (Å²) in [5.41, 5.74) is 0.807. The second-order valence-electron chi connectivity index (χ2n) is 4.81. The van der Waals surface area contributed by atoms with Crippen LogP contribution in [0.2, 0.25) is 0 Å². The number of hydrogen-bond donors (Lipinski definition) is 1. The molecule has 0 spiro atoms. The van der Waals surface area contributed by atoms with E-state index in [0.717, 1.165) is 5.56 Å². The smallest absolute Gasteiger partial charge is 0.393 e. The van der Waals surface area contributed by atoms with Crippen molar-refractivity contribution < 1.29 is 31.5 Å². The zero-order valence-corrected chi connectivity index (χ0v) is 12.5. The largest absolute Gasteiger partial charge is 0.550 e. The molecule has 0 aromatic heterocycles. The summed E-state index contributed by atoms with van der Waals surface area (Å²) in [6.45, 7) is 0.816. The molecule has 0 aliphatic carbocycles. The van der Waals surface area contributed by atoms with Crippen LogP contribution in [-0.4, -0.2) is 27.1 Å². The molecule has 0 saturated carbocycles. The third-order valence-electron chi connectivity index (χ3n) is 3.01. The first-order chi connectivity index (χ1) is 10.0. The molecule has 0 heterocycles. The van der Waals surface area contributed by atoms with Gasteiger partial charge in [0.2, 0.25) is 10.0 Å². The number of aliphatic carboxylic acids is 1. The van der Waals surface area contributed by atoms with Gasteiger partial charge in [0.1, 0.15) is 0 Å². The SMILES string of the molecule is Cc1ccc(S(=O)(=O)NC[C@@H](CCC(=O)[O-])C(F)(F)F)cc1. The van der Waals surface area contributed by atoms with Crippen molar-refractivity contribution in [2.75, 3.05) is 6.54 Å².